The van der Waals surface area contributed by atoms with Gasteiger partial charge in [0, 0.05) is 17.6 Å². The number of halogens is 1. The molecule has 1 aromatic heterocycles. The van der Waals surface area contributed by atoms with Gasteiger partial charge in [-0.25, -0.2) is 0 Å². The van der Waals surface area contributed by atoms with Gasteiger partial charge in [-0.1, -0.05) is 0 Å². The van der Waals surface area contributed by atoms with E-state index in [0.717, 1.165) is 12.0 Å². The zero-order valence-electron chi connectivity index (χ0n) is 9.69. The van der Waals surface area contributed by atoms with E-state index in [1.165, 1.54) is 0 Å². The van der Waals surface area contributed by atoms with E-state index in [9.17, 15) is 5.11 Å². The van der Waals surface area contributed by atoms with Gasteiger partial charge < -0.3 is 9.84 Å². The predicted molar refractivity (Wildman–Crippen MR) is 64.9 cm³/mol. The zero-order valence-corrected chi connectivity index (χ0v) is 10.4. The van der Waals surface area contributed by atoms with Crippen LogP contribution >= 0.6 is 11.6 Å². The summed E-state index contributed by atoms with van der Waals surface area (Å²) in [5.74, 6) is 1.25. The summed E-state index contributed by atoms with van der Waals surface area (Å²) in [6.07, 6.45) is 4.34. The fourth-order valence-electron chi connectivity index (χ4n) is 1.39. The molecule has 4 heteroatoms. The molecule has 0 aliphatic carbocycles. The summed E-state index contributed by atoms with van der Waals surface area (Å²) < 4.78 is 5.51. The van der Waals surface area contributed by atoms with Gasteiger partial charge in [-0.2, -0.15) is 0 Å². The molecule has 0 bridgehead atoms. The van der Waals surface area contributed by atoms with Gasteiger partial charge in [-0.15, -0.1) is 11.6 Å². The third kappa shape index (κ3) is 4.37. The van der Waals surface area contributed by atoms with Crippen molar-refractivity contribution in [1.82, 2.24) is 4.98 Å². The first-order valence-corrected chi connectivity index (χ1v) is 6.02. The smallest absolute Gasteiger partial charge is 0.138 e. The Morgan fingerprint density at radius 1 is 1.44 bits per heavy atom. The van der Waals surface area contributed by atoms with Gasteiger partial charge >= 0.3 is 0 Å². The number of hydrogen-bond acceptors (Lipinski definition) is 3. The lowest BCUT2D eigenvalue weighted by atomic mass is 10.1. The van der Waals surface area contributed by atoms with Crippen LogP contribution < -0.4 is 4.74 Å². The molecule has 0 aliphatic rings. The van der Waals surface area contributed by atoms with E-state index in [-0.39, 0.29) is 6.10 Å². The van der Waals surface area contributed by atoms with Gasteiger partial charge in [0.25, 0.3) is 0 Å². The molecule has 3 nitrogen and oxygen atoms in total. The molecular formula is C12H18ClNO2. The highest BCUT2D eigenvalue weighted by molar-refractivity contribution is 6.17. The standard InChI is InChI=1S/C12H18ClNO2/c1-9(2)16-11-6-10(7-14-8-11)12(15)4-3-5-13/h6-9,12,15H,3-5H2,1-2H3. The Hall–Kier alpha value is -0.800. The zero-order chi connectivity index (χ0) is 12.0. The number of nitrogens with zero attached hydrogens (tertiary/aromatic N) is 1. The lowest BCUT2D eigenvalue weighted by Crippen LogP contribution is -2.07. The average molecular weight is 244 g/mol. The van der Waals surface area contributed by atoms with Crippen molar-refractivity contribution in [3.63, 3.8) is 0 Å². The fraction of sp³-hybridized carbons (Fsp3) is 0.583. The van der Waals surface area contributed by atoms with E-state index in [1.807, 2.05) is 19.9 Å². The van der Waals surface area contributed by atoms with Crippen molar-refractivity contribution in [3.05, 3.63) is 24.0 Å². The monoisotopic (exact) mass is 243 g/mol. The second kappa shape index (κ2) is 6.71. The number of pyridine rings is 1. The minimum atomic E-state index is -0.512. The van der Waals surface area contributed by atoms with Crippen LogP contribution in [0.2, 0.25) is 0 Å². The summed E-state index contributed by atoms with van der Waals surface area (Å²) in [6.45, 7) is 3.91. The molecule has 90 valence electrons. The van der Waals surface area contributed by atoms with Crippen molar-refractivity contribution in [3.8, 4) is 5.75 Å². The second-order valence-corrected chi connectivity index (χ2v) is 4.35. The lowest BCUT2D eigenvalue weighted by Gasteiger charge is -2.13. The van der Waals surface area contributed by atoms with Gasteiger partial charge in [0.05, 0.1) is 18.4 Å². The Morgan fingerprint density at radius 2 is 2.19 bits per heavy atom. The van der Waals surface area contributed by atoms with Crippen molar-refractivity contribution in [1.29, 1.82) is 0 Å². The summed E-state index contributed by atoms with van der Waals surface area (Å²) in [5, 5.41) is 9.86. The van der Waals surface area contributed by atoms with E-state index >= 15 is 0 Å². The summed E-state index contributed by atoms with van der Waals surface area (Å²) in [6, 6.07) is 1.83. The minimum absolute atomic E-state index is 0.108. The molecule has 0 radical (unpaired) electrons. The molecule has 1 N–H and O–H groups in total. The highest BCUT2D eigenvalue weighted by Crippen LogP contribution is 2.22. The highest BCUT2D eigenvalue weighted by atomic mass is 35.5. The Kier molecular flexibility index (Phi) is 5.56. The predicted octanol–water partition coefficient (Wildman–Crippen LogP) is 2.92. The van der Waals surface area contributed by atoms with Crippen molar-refractivity contribution >= 4 is 11.6 Å². The number of alkyl halides is 1. The van der Waals surface area contributed by atoms with E-state index in [2.05, 4.69) is 4.98 Å². The molecule has 1 unspecified atom stereocenters. The van der Waals surface area contributed by atoms with E-state index in [1.54, 1.807) is 12.4 Å². The van der Waals surface area contributed by atoms with Gasteiger partial charge in [0.2, 0.25) is 0 Å². The van der Waals surface area contributed by atoms with Gasteiger partial charge in [-0.05, 0) is 32.8 Å². The number of aliphatic hydroxyl groups is 1. The number of ether oxygens (including phenoxy) is 1. The molecule has 0 saturated carbocycles. The van der Waals surface area contributed by atoms with E-state index < -0.39 is 6.10 Å². The first-order valence-electron chi connectivity index (χ1n) is 5.49. The molecule has 0 amide bonds. The molecular weight excluding hydrogens is 226 g/mol. The normalized spacial score (nSPS) is 12.8. The molecule has 0 saturated heterocycles. The Bertz CT molecular complexity index is 318. The van der Waals surface area contributed by atoms with Crippen LogP contribution in [0.3, 0.4) is 0 Å². The average Bonchev–Trinajstić information content (AvgIpc) is 2.25. The van der Waals surface area contributed by atoms with Gasteiger partial charge in [0.1, 0.15) is 5.75 Å². The van der Waals surface area contributed by atoms with Gasteiger partial charge in [-0.3, -0.25) is 4.98 Å². The minimum Gasteiger partial charge on any atom is -0.489 e. The van der Waals surface area contributed by atoms with E-state index in [0.29, 0.717) is 18.1 Å². The molecule has 1 heterocycles. The van der Waals surface area contributed by atoms with Crippen molar-refractivity contribution < 1.29 is 9.84 Å². The molecule has 1 aromatic rings. The van der Waals surface area contributed by atoms with Crippen LogP contribution in [-0.4, -0.2) is 22.1 Å². The van der Waals surface area contributed by atoms with Crippen LogP contribution in [0.25, 0.3) is 0 Å². The Labute approximate surface area is 101 Å². The van der Waals surface area contributed by atoms with Crippen LogP contribution in [0.4, 0.5) is 0 Å². The van der Waals surface area contributed by atoms with Gasteiger partial charge in [0.15, 0.2) is 0 Å². The van der Waals surface area contributed by atoms with Crippen molar-refractivity contribution in [2.24, 2.45) is 0 Å². The summed E-state index contributed by atoms with van der Waals surface area (Å²) >= 11 is 5.58. The Balaban J connectivity index is 2.65. The lowest BCUT2D eigenvalue weighted by molar-refractivity contribution is 0.165. The SMILES string of the molecule is CC(C)Oc1cncc(C(O)CCCCl)c1. The molecule has 0 fully saturated rings. The molecule has 0 aliphatic heterocycles. The largest absolute Gasteiger partial charge is 0.489 e. The number of hydrogen-bond donors (Lipinski definition) is 1. The molecule has 1 atom stereocenters. The third-order valence-corrected chi connectivity index (χ3v) is 2.37. The fourth-order valence-corrected chi connectivity index (χ4v) is 1.55. The quantitative estimate of drug-likeness (QED) is 0.782. The van der Waals surface area contributed by atoms with Crippen LogP contribution in [0.5, 0.6) is 5.75 Å². The summed E-state index contributed by atoms with van der Waals surface area (Å²) in [5.41, 5.74) is 0.781. The first-order chi connectivity index (χ1) is 7.63. The van der Waals surface area contributed by atoms with Crippen LogP contribution in [-0.2, 0) is 0 Å². The molecule has 0 spiro atoms. The highest BCUT2D eigenvalue weighted by Gasteiger charge is 2.09. The van der Waals surface area contributed by atoms with E-state index in [4.69, 9.17) is 16.3 Å². The number of aromatic nitrogens is 1. The molecule has 16 heavy (non-hydrogen) atoms. The summed E-state index contributed by atoms with van der Waals surface area (Å²) in [4.78, 5) is 4.05. The third-order valence-electron chi connectivity index (χ3n) is 2.10. The number of aliphatic hydroxyl groups excluding tert-OH is 1. The van der Waals surface area contributed by atoms with Crippen LogP contribution in [0.1, 0.15) is 38.4 Å². The maximum atomic E-state index is 9.86. The van der Waals surface area contributed by atoms with Crippen LogP contribution in [0.15, 0.2) is 18.5 Å². The Morgan fingerprint density at radius 3 is 2.81 bits per heavy atom. The topological polar surface area (TPSA) is 42.4 Å². The molecule has 0 aromatic carbocycles. The summed E-state index contributed by atoms with van der Waals surface area (Å²) in [7, 11) is 0. The number of rotatable bonds is 6. The van der Waals surface area contributed by atoms with Crippen molar-refractivity contribution in [2.45, 2.75) is 38.9 Å². The maximum Gasteiger partial charge on any atom is 0.138 e. The van der Waals surface area contributed by atoms with Crippen molar-refractivity contribution in [2.75, 3.05) is 5.88 Å². The first kappa shape index (κ1) is 13.3. The molecule has 1 rings (SSSR count). The maximum absolute atomic E-state index is 9.86. The van der Waals surface area contributed by atoms with Crippen LogP contribution in [0, 0.1) is 0 Å². The second-order valence-electron chi connectivity index (χ2n) is 3.97.